The summed E-state index contributed by atoms with van der Waals surface area (Å²) in [6.07, 6.45) is 1.74. The smallest absolute Gasteiger partial charge is 0.193 e. The van der Waals surface area contributed by atoms with E-state index in [1.807, 2.05) is 55.5 Å². The van der Waals surface area contributed by atoms with Gasteiger partial charge in [0.05, 0.1) is 5.52 Å². The summed E-state index contributed by atoms with van der Waals surface area (Å²) in [6, 6.07) is 15.1. The Hall–Kier alpha value is -2.00. The number of hydrogen-bond donors (Lipinski definition) is 0. The van der Waals surface area contributed by atoms with E-state index in [2.05, 4.69) is 20.9 Å². The molecule has 0 unspecified atom stereocenters. The Balaban J connectivity index is 2.05. The number of carbonyl (C=O) groups is 1. The van der Waals surface area contributed by atoms with E-state index in [-0.39, 0.29) is 5.78 Å². The number of carbonyl (C=O) groups excluding carboxylic acids is 1. The average Bonchev–Trinajstić information content (AvgIpc) is 2.49. The summed E-state index contributed by atoms with van der Waals surface area (Å²) >= 11 is 3.46. The zero-order chi connectivity index (χ0) is 14.1. The molecule has 1 heterocycles. The van der Waals surface area contributed by atoms with Gasteiger partial charge in [-0.2, -0.15) is 0 Å². The summed E-state index contributed by atoms with van der Waals surface area (Å²) in [5, 5.41) is 1.04. The number of nitrogens with zero attached hydrogens (tertiary/aromatic N) is 1. The summed E-state index contributed by atoms with van der Waals surface area (Å²) in [5.41, 5.74) is 3.29. The van der Waals surface area contributed by atoms with Gasteiger partial charge in [-0.25, -0.2) is 0 Å². The normalized spacial score (nSPS) is 10.7. The molecule has 3 aromatic rings. The first-order valence-electron chi connectivity index (χ1n) is 6.31. The Morgan fingerprint density at radius 2 is 1.80 bits per heavy atom. The summed E-state index contributed by atoms with van der Waals surface area (Å²) in [6.45, 7) is 2.00. The minimum atomic E-state index is 0.0123. The molecule has 0 spiro atoms. The van der Waals surface area contributed by atoms with Crippen molar-refractivity contribution in [1.82, 2.24) is 4.98 Å². The molecule has 0 aliphatic carbocycles. The third kappa shape index (κ3) is 2.37. The summed E-state index contributed by atoms with van der Waals surface area (Å²) in [5.74, 6) is 0.0123. The third-order valence-corrected chi connectivity index (χ3v) is 4.16. The Morgan fingerprint density at radius 3 is 2.60 bits per heavy atom. The maximum Gasteiger partial charge on any atom is 0.193 e. The van der Waals surface area contributed by atoms with Gasteiger partial charge in [-0.15, -0.1) is 0 Å². The molecule has 0 atom stereocenters. The molecule has 98 valence electrons. The van der Waals surface area contributed by atoms with Gasteiger partial charge in [-0.1, -0.05) is 46.3 Å². The molecule has 0 radical (unpaired) electrons. The molecule has 0 saturated heterocycles. The van der Waals surface area contributed by atoms with Crippen LogP contribution in [0.2, 0.25) is 0 Å². The van der Waals surface area contributed by atoms with Crippen molar-refractivity contribution >= 4 is 32.6 Å². The summed E-state index contributed by atoms with van der Waals surface area (Å²) in [7, 11) is 0. The van der Waals surface area contributed by atoms with Crippen LogP contribution in [0.25, 0.3) is 10.9 Å². The van der Waals surface area contributed by atoms with Crippen molar-refractivity contribution in [2.45, 2.75) is 6.92 Å². The second-order valence-corrected chi connectivity index (χ2v) is 5.56. The van der Waals surface area contributed by atoms with E-state index in [9.17, 15) is 4.79 Å². The van der Waals surface area contributed by atoms with Crippen LogP contribution in [0.5, 0.6) is 0 Å². The highest BCUT2D eigenvalue weighted by Gasteiger charge is 2.11. The molecular formula is C17H12BrNO. The minimum Gasteiger partial charge on any atom is -0.289 e. The lowest BCUT2D eigenvalue weighted by atomic mass is 10.0. The predicted octanol–water partition coefficient (Wildman–Crippen LogP) is 4.54. The fourth-order valence-electron chi connectivity index (χ4n) is 2.11. The standard InChI is InChI=1S/C17H12BrNO/c1-11-4-5-13(9-15(11)18)17(20)14-7-6-12-3-2-8-19-16(12)10-14/h2-10H,1H3. The van der Waals surface area contributed by atoms with Crippen LogP contribution in [0.3, 0.4) is 0 Å². The number of rotatable bonds is 2. The third-order valence-electron chi connectivity index (χ3n) is 3.30. The molecule has 0 saturated carbocycles. The molecule has 0 fully saturated rings. The fraction of sp³-hybridized carbons (Fsp3) is 0.0588. The van der Waals surface area contributed by atoms with Crippen molar-refractivity contribution in [3.8, 4) is 0 Å². The summed E-state index contributed by atoms with van der Waals surface area (Å²) in [4.78, 5) is 16.8. The lowest BCUT2D eigenvalue weighted by Gasteiger charge is -2.05. The van der Waals surface area contributed by atoms with Gasteiger partial charge >= 0.3 is 0 Å². The Morgan fingerprint density at radius 1 is 1.05 bits per heavy atom. The Labute approximate surface area is 125 Å². The maximum absolute atomic E-state index is 12.5. The van der Waals surface area contributed by atoms with Gasteiger partial charge in [0.1, 0.15) is 0 Å². The number of ketones is 1. The molecule has 0 bridgehead atoms. The first-order valence-corrected chi connectivity index (χ1v) is 7.10. The number of fused-ring (bicyclic) bond motifs is 1. The van der Waals surface area contributed by atoms with Gasteiger partial charge in [-0.05, 0) is 30.7 Å². The van der Waals surface area contributed by atoms with Crippen LogP contribution in [-0.2, 0) is 0 Å². The summed E-state index contributed by atoms with van der Waals surface area (Å²) < 4.78 is 0.947. The second-order valence-electron chi connectivity index (χ2n) is 4.70. The average molecular weight is 326 g/mol. The van der Waals surface area contributed by atoms with E-state index in [0.29, 0.717) is 11.1 Å². The zero-order valence-corrected chi connectivity index (χ0v) is 12.5. The van der Waals surface area contributed by atoms with Gasteiger partial charge in [-0.3, -0.25) is 9.78 Å². The van der Waals surface area contributed by atoms with E-state index in [1.54, 1.807) is 6.20 Å². The first kappa shape index (κ1) is 13.0. The maximum atomic E-state index is 12.5. The highest BCUT2D eigenvalue weighted by Crippen LogP contribution is 2.21. The highest BCUT2D eigenvalue weighted by atomic mass is 79.9. The van der Waals surface area contributed by atoms with E-state index in [1.165, 1.54) is 0 Å². The van der Waals surface area contributed by atoms with Crippen LogP contribution in [0.15, 0.2) is 59.2 Å². The number of halogens is 1. The van der Waals surface area contributed by atoms with Crippen molar-refractivity contribution in [3.05, 3.63) is 75.9 Å². The molecule has 0 amide bonds. The van der Waals surface area contributed by atoms with Crippen LogP contribution in [-0.4, -0.2) is 10.8 Å². The van der Waals surface area contributed by atoms with Crippen LogP contribution in [0.1, 0.15) is 21.5 Å². The minimum absolute atomic E-state index is 0.0123. The molecule has 0 aliphatic rings. The molecule has 0 aliphatic heterocycles. The van der Waals surface area contributed by atoms with Crippen molar-refractivity contribution in [3.63, 3.8) is 0 Å². The van der Waals surface area contributed by atoms with Gasteiger partial charge in [0, 0.05) is 27.2 Å². The molecule has 0 N–H and O–H groups in total. The number of hydrogen-bond acceptors (Lipinski definition) is 2. The van der Waals surface area contributed by atoms with E-state index in [0.717, 1.165) is 20.9 Å². The van der Waals surface area contributed by atoms with E-state index in [4.69, 9.17) is 0 Å². The van der Waals surface area contributed by atoms with Crippen molar-refractivity contribution in [2.24, 2.45) is 0 Å². The molecule has 3 heteroatoms. The number of aryl methyl sites for hydroxylation is 1. The van der Waals surface area contributed by atoms with Gasteiger partial charge in [0.2, 0.25) is 0 Å². The van der Waals surface area contributed by atoms with Gasteiger partial charge in [0.25, 0.3) is 0 Å². The highest BCUT2D eigenvalue weighted by molar-refractivity contribution is 9.10. The SMILES string of the molecule is Cc1ccc(C(=O)c2ccc3cccnc3c2)cc1Br. The molecule has 3 rings (SSSR count). The molecule has 20 heavy (non-hydrogen) atoms. The number of pyridine rings is 1. The molecule has 1 aromatic heterocycles. The predicted molar refractivity (Wildman–Crippen MR) is 84.1 cm³/mol. The monoisotopic (exact) mass is 325 g/mol. The Bertz CT molecular complexity index is 811. The topological polar surface area (TPSA) is 30.0 Å². The largest absolute Gasteiger partial charge is 0.289 e. The van der Waals surface area contributed by atoms with Gasteiger partial charge in [0.15, 0.2) is 5.78 Å². The zero-order valence-electron chi connectivity index (χ0n) is 10.9. The van der Waals surface area contributed by atoms with Crippen LogP contribution in [0.4, 0.5) is 0 Å². The lowest BCUT2D eigenvalue weighted by molar-refractivity contribution is 0.103. The van der Waals surface area contributed by atoms with Crippen molar-refractivity contribution in [2.75, 3.05) is 0 Å². The van der Waals surface area contributed by atoms with E-state index < -0.39 is 0 Å². The van der Waals surface area contributed by atoms with Gasteiger partial charge < -0.3 is 0 Å². The first-order chi connectivity index (χ1) is 9.65. The second kappa shape index (κ2) is 5.17. The van der Waals surface area contributed by atoms with Crippen LogP contribution < -0.4 is 0 Å². The van der Waals surface area contributed by atoms with Crippen LogP contribution >= 0.6 is 15.9 Å². The lowest BCUT2D eigenvalue weighted by Crippen LogP contribution is -2.01. The van der Waals surface area contributed by atoms with E-state index >= 15 is 0 Å². The fourth-order valence-corrected chi connectivity index (χ4v) is 2.49. The van der Waals surface area contributed by atoms with Crippen molar-refractivity contribution in [1.29, 1.82) is 0 Å². The molecular weight excluding hydrogens is 314 g/mol. The Kier molecular flexibility index (Phi) is 3.36. The van der Waals surface area contributed by atoms with Crippen LogP contribution in [0, 0.1) is 6.92 Å². The van der Waals surface area contributed by atoms with Crippen molar-refractivity contribution < 1.29 is 4.79 Å². The number of benzene rings is 2. The number of aromatic nitrogens is 1. The molecule has 2 nitrogen and oxygen atoms in total. The quantitative estimate of drug-likeness (QED) is 0.647. The molecule has 2 aromatic carbocycles.